The second kappa shape index (κ2) is 13.8. The van der Waals surface area contributed by atoms with Crippen molar-refractivity contribution in [2.75, 3.05) is 25.4 Å². The van der Waals surface area contributed by atoms with Crippen molar-refractivity contribution in [2.45, 2.75) is 104 Å². The molecule has 0 N–H and O–H groups in total. The fourth-order valence-corrected chi connectivity index (χ4v) is 117. The minimum absolute atomic E-state index is 0.0735. The van der Waals surface area contributed by atoms with Crippen LogP contribution in [0.3, 0.4) is 0 Å². The van der Waals surface area contributed by atoms with E-state index in [9.17, 15) is 9.59 Å². The lowest BCUT2D eigenvalue weighted by molar-refractivity contribution is 0.0570. The predicted octanol–water partition coefficient (Wildman–Crippen LogP) is 7.56. The average molecular weight is 627 g/mol. The number of nitrogens with zero attached hydrogens (tertiary/aromatic N) is 2. The summed E-state index contributed by atoms with van der Waals surface area (Å²) < 4.78 is 11.2. The minimum atomic E-state index is -1.59. The van der Waals surface area contributed by atoms with Gasteiger partial charge in [-0.3, -0.25) is 0 Å². The molecule has 1 aliphatic heterocycles. The molecule has 0 unspecified atom stereocenters. The fourth-order valence-electron chi connectivity index (χ4n) is 7.52. The van der Waals surface area contributed by atoms with Crippen molar-refractivity contribution in [3.05, 3.63) is 35.9 Å². The fraction of sp³-hybridized carbons (Fsp3) is 0.714. The van der Waals surface area contributed by atoms with Crippen LogP contribution in [0, 0.1) is 0 Å². The molecule has 1 fully saturated rings. The lowest BCUT2D eigenvalue weighted by Gasteiger charge is -2.56. The van der Waals surface area contributed by atoms with Crippen LogP contribution in [0.15, 0.2) is 30.3 Å². The Balaban J connectivity index is 2.22. The Labute approximate surface area is 245 Å². The molecule has 0 aliphatic carbocycles. The van der Waals surface area contributed by atoms with Crippen molar-refractivity contribution in [1.82, 2.24) is 9.80 Å². The summed E-state index contributed by atoms with van der Waals surface area (Å²) in [6.45, 7) is 29.3. The molecular weight excluding hydrogens is 573 g/mol. The van der Waals surface area contributed by atoms with Gasteiger partial charge in [0.25, 0.3) is 0 Å². The molecule has 2 atom stereocenters. The maximum absolute atomic E-state index is 13.3. The smallest absolute Gasteiger partial charge is 0.410 e. The molecular formula is C28H54N2O4SSi4. The van der Waals surface area contributed by atoms with Gasteiger partial charge in [-0.25, -0.2) is 9.59 Å². The molecule has 222 valence electrons. The highest BCUT2D eigenvalue weighted by molar-refractivity contribution is 8.50. The SMILES string of the molecule is CCOC(=O)N(CCS[Si]([Si](C)(C)C)([Si](C)(C)C)[Si](C)(C)C)[C@H](C)[C@@H]1CCCN1C(=O)OCc1ccccc1. The van der Waals surface area contributed by atoms with Crippen molar-refractivity contribution in [3.63, 3.8) is 0 Å². The monoisotopic (exact) mass is 626 g/mol. The van der Waals surface area contributed by atoms with E-state index in [1.807, 2.05) is 47.1 Å². The lowest BCUT2D eigenvalue weighted by Crippen LogP contribution is -2.81. The molecule has 0 saturated carbocycles. The normalized spacial score (nSPS) is 17.6. The van der Waals surface area contributed by atoms with Gasteiger partial charge in [-0.05, 0) is 32.3 Å². The number of carbonyl (C=O) groups excluding carboxylic acids is 2. The highest BCUT2D eigenvalue weighted by atomic mass is 32.4. The molecule has 1 heterocycles. The molecule has 1 saturated heterocycles. The molecule has 0 aromatic heterocycles. The highest BCUT2D eigenvalue weighted by Crippen LogP contribution is 2.44. The summed E-state index contributed by atoms with van der Waals surface area (Å²) in [6.07, 6.45) is 1.21. The predicted molar refractivity (Wildman–Crippen MR) is 178 cm³/mol. The quantitative estimate of drug-likeness (QED) is 0.224. The van der Waals surface area contributed by atoms with Gasteiger partial charge in [0.05, 0.1) is 24.5 Å². The molecule has 6 nitrogen and oxygen atoms in total. The van der Waals surface area contributed by atoms with Gasteiger partial charge in [-0.15, -0.1) is 0 Å². The van der Waals surface area contributed by atoms with Crippen molar-refractivity contribution in [1.29, 1.82) is 0 Å². The van der Waals surface area contributed by atoms with Crippen LogP contribution in [0.4, 0.5) is 9.59 Å². The Kier molecular flexibility index (Phi) is 12.1. The molecule has 1 aromatic rings. The van der Waals surface area contributed by atoms with Crippen LogP contribution >= 0.6 is 11.2 Å². The second-order valence-corrected chi connectivity index (χ2v) is 60.1. The number of rotatable bonds is 12. The molecule has 11 heteroatoms. The third kappa shape index (κ3) is 8.05. The van der Waals surface area contributed by atoms with Crippen LogP contribution in [0.25, 0.3) is 0 Å². The zero-order valence-electron chi connectivity index (χ0n) is 26.4. The van der Waals surface area contributed by atoms with Crippen molar-refractivity contribution in [3.8, 4) is 0 Å². The Morgan fingerprint density at radius 3 is 2.05 bits per heavy atom. The van der Waals surface area contributed by atoms with Crippen molar-refractivity contribution >= 4 is 51.9 Å². The number of hydrogen-bond acceptors (Lipinski definition) is 5. The molecule has 39 heavy (non-hydrogen) atoms. The molecule has 1 aliphatic rings. The molecule has 0 radical (unpaired) electrons. The van der Waals surface area contributed by atoms with E-state index in [-0.39, 0.29) is 30.9 Å². The number of amides is 2. The van der Waals surface area contributed by atoms with Crippen LogP contribution in [0.1, 0.15) is 32.3 Å². The largest absolute Gasteiger partial charge is 0.450 e. The molecule has 2 amide bonds. The standard InChI is InChI=1S/C28H54N2O4SSi4/c1-12-33-27(31)29(21-22-35-39(36(3,4)5,37(6,7)8)38(9,10)11)24(2)26-19-16-20-30(26)28(32)34-23-25-17-14-13-15-18-25/h13-15,17-18,24,26H,12,16,19-23H2,1-11H3/t24-,26+/m1/s1. The van der Waals surface area contributed by atoms with Gasteiger partial charge in [0.2, 0.25) is 0 Å². The zero-order chi connectivity index (χ0) is 29.6. The Hall–Kier alpha value is -1.02. The summed E-state index contributed by atoms with van der Waals surface area (Å²) in [5, 5.41) is 0. The summed E-state index contributed by atoms with van der Waals surface area (Å²) in [5.74, 6) is -0.647. The Morgan fingerprint density at radius 1 is 0.974 bits per heavy atom. The summed E-state index contributed by atoms with van der Waals surface area (Å²) in [4.78, 5) is 30.1. The van der Waals surface area contributed by atoms with Gasteiger partial charge < -0.3 is 19.3 Å². The van der Waals surface area contributed by atoms with Gasteiger partial charge in [-0.1, -0.05) is 89.3 Å². The van der Waals surface area contributed by atoms with Gasteiger partial charge in [0, 0.05) is 41.6 Å². The molecule has 2 rings (SSSR count). The number of ether oxygens (including phenoxy) is 2. The maximum atomic E-state index is 13.3. The average Bonchev–Trinajstić information content (AvgIpc) is 3.30. The molecule has 0 spiro atoms. The third-order valence-corrected chi connectivity index (χ3v) is 97.1. The van der Waals surface area contributed by atoms with E-state index >= 15 is 0 Å². The first-order valence-corrected chi connectivity index (χ1v) is 31.7. The summed E-state index contributed by atoms with van der Waals surface area (Å²) in [6, 6.07) is 9.56. The first kappa shape index (κ1) is 34.2. The second-order valence-electron chi connectivity index (χ2n) is 13.9. The Morgan fingerprint density at radius 2 is 1.54 bits per heavy atom. The van der Waals surface area contributed by atoms with Gasteiger partial charge in [0.15, 0.2) is 0 Å². The molecule has 1 aromatic carbocycles. The number of benzene rings is 1. The lowest BCUT2D eigenvalue weighted by atomic mass is 10.1. The van der Waals surface area contributed by atoms with E-state index in [1.165, 1.54) is 0 Å². The van der Waals surface area contributed by atoms with E-state index in [2.05, 4.69) is 77.1 Å². The first-order valence-electron chi connectivity index (χ1n) is 14.5. The van der Waals surface area contributed by atoms with Crippen molar-refractivity contribution in [2.24, 2.45) is 0 Å². The number of likely N-dealkylation sites (tertiary alicyclic amines) is 1. The van der Waals surface area contributed by atoms with E-state index < -0.39 is 28.6 Å². The minimum Gasteiger partial charge on any atom is -0.450 e. The Bertz CT molecular complexity index is 912. The van der Waals surface area contributed by atoms with E-state index in [4.69, 9.17) is 9.47 Å². The summed E-state index contributed by atoms with van der Waals surface area (Å²) >= 11 is 2.30. The summed E-state index contributed by atoms with van der Waals surface area (Å²) in [5.41, 5.74) is 0.972. The van der Waals surface area contributed by atoms with Crippen molar-refractivity contribution < 1.29 is 19.1 Å². The van der Waals surface area contributed by atoms with Crippen LogP contribution in [0.2, 0.25) is 58.9 Å². The number of carbonyl (C=O) groups is 2. The van der Waals surface area contributed by atoms with Crippen LogP contribution < -0.4 is 0 Å². The van der Waals surface area contributed by atoms with E-state index in [1.54, 1.807) is 0 Å². The van der Waals surface area contributed by atoms with Crippen LogP contribution in [-0.2, 0) is 16.1 Å². The van der Waals surface area contributed by atoms with Gasteiger partial charge >= 0.3 is 12.2 Å². The van der Waals surface area contributed by atoms with Crippen LogP contribution in [0.5, 0.6) is 0 Å². The number of hydrogen-bond donors (Lipinski definition) is 0. The molecule has 0 bridgehead atoms. The van der Waals surface area contributed by atoms with E-state index in [0.717, 1.165) is 24.2 Å². The topological polar surface area (TPSA) is 59.1 Å². The first-order chi connectivity index (χ1) is 18.0. The maximum Gasteiger partial charge on any atom is 0.410 e. The third-order valence-electron chi connectivity index (χ3n) is 8.11. The summed E-state index contributed by atoms with van der Waals surface area (Å²) in [7, 11) is -4.25. The highest BCUT2D eigenvalue weighted by Gasteiger charge is 2.62. The van der Waals surface area contributed by atoms with Gasteiger partial charge in [0.1, 0.15) is 6.61 Å². The van der Waals surface area contributed by atoms with E-state index in [0.29, 0.717) is 19.7 Å². The zero-order valence-corrected chi connectivity index (χ0v) is 31.2. The van der Waals surface area contributed by atoms with Gasteiger partial charge in [-0.2, -0.15) is 11.2 Å². The van der Waals surface area contributed by atoms with Crippen LogP contribution in [-0.4, -0.2) is 88.1 Å².